The molecular weight excluding hydrogens is 258 g/mol. The Balaban J connectivity index is 2.33. The molecule has 0 saturated carbocycles. The fraction of sp³-hybridized carbons (Fsp3) is 0.467. The Labute approximate surface area is 119 Å². The van der Waals surface area contributed by atoms with Crippen molar-refractivity contribution < 1.29 is 19.1 Å². The Morgan fingerprint density at radius 3 is 2.50 bits per heavy atom. The third-order valence-electron chi connectivity index (χ3n) is 2.23. The fourth-order valence-corrected chi connectivity index (χ4v) is 1.42. The first-order chi connectivity index (χ1) is 9.40. The van der Waals surface area contributed by atoms with Crippen molar-refractivity contribution in [1.29, 1.82) is 0 Å². The van der Waals surface area contributed by atoms with Gasteiger partial charge in [-0.3, -0.25) is 4.79 Å². The summed E-state index contributed by atoms with van der Waals surface area (Å²) in [6.45, 7) is 5.67. The number of hydrogen-bond donors (Lipinski definition) is 1. The van der Waals surface area contributed by atoms with Gasteiger partial charge in [0.1, 0.15) is 11.6 Å². The van der Waals surface area contributed by atoms with Crippen LogP contribution in [0.15, 0.2) is 30.3 Å². The maximum Gasteiger partial charge on any atom is 0.408 e. The van der Waals surface area contributed by atoms with Crippen molar-refractivity contribution in [2.45, 2.75) is 39.0 Å². The number of carbonyl (C=O) groups excluding carboxylic acids is 2. The summed E-state index contributed by atoms with van der Waals surface area (Å²) in [5.74, 6) is 0. The van der Waals surface area contributed by atoms with Crippen molar-refractivity contribution in [2.75, 3.05) is 6.61 Å². The molecule has 1 amide bonds. The molecular formula is C15H20NO4. The number of benzene rings is 1. The van der Waals surface area contributed by atoms with Crippen molar-refractivity contribution >= 4 is 12.4 Å². The summed E-state index contributed by atoms with van der Waals surface area (Å²) >= 11 is 0. The monoisotopic (exact) mass is 278 g/mol. The summed E-state index contributed by atoms with van der Waals surface area (Å²) < 4.78 is 10.4. The third-order valence-corrected chi connectivity index (χ3v) is 2.23. The molecule has 0 fully saturated rings. The molecule has 0 aromatic heterocycles. The van der Waals surface area contributed by atoms with Gasteiger partial charge in [0.15, 0.2) is 0 Å². The van der Waals surface area contributed by atoms with Gasteiger partial charge in [-0.15, -0.1) is 0 Å². The topological polar surface area (TPSA) is 64.6 Å². The van der Waals surface area contributed by atoms with Crippen molar-refractivity contribution in [1.82, 2.24) is 5.32 Å². The highest BCUT2D eigenvalue weighted by Gasteiger charge is 2.19. The molecule has 0 heterocycles. The standard InChI is InChI=1S/C15H20NO4/c1-15(2,3)20-14(18)16-13(9-17)11-19-10-12-7-5-4-6-8-12/h4-8,13H,10-11H2,1-3H3,(H,16,18)/t13-/m1/s1. The zero-order valence-electron chi connectivity index (χ0n) is 12.0. The SMILES string of the molecule is CC(C)(C)OC(=O)N[C@H]([C]=O)COCc1ccccc1. The smallest absolute Gasteiger partial charge is 0.408 e. The largest absolute Gasteiger partial charge is 0.444 e. The van der Waals surface area contributed by atoms with Crippen LogP contribution in [0.25, 0.3) is 0 Å². The number of amides is 1. The van der Waals surface area contributed by atoms with Crippen LogP contribution in [0.4, 0.5) is 4.79 Å². The lowest BCUT2D eigenvalue weighted by Gasteiger charge is -2.21. The number of ether oxygens (including phenoxy) is 2. The maximum atomic E-state index is 11.5. The summed E-state index contributed by atoms with van der Waals surface area (Å²) in [5.41, 5.74) is 0.386. The van der Waals surface area contributed by atoms with Crippen LogP contribution in [0.2, 0.25) is 0 Å². The average Bonchev–Trinajstić information content (AvgIpc) is 2.36. The minimum Gasteiger partial charge on any atom is -0.444 e. The van der Waals surface area contributed by atoms with Crippen LogP contribution >= 0.6 is 0 Å². The molecule has 0 aliphatic rings. The van der Waals surface area contributed by atoms with Crippen LogP contribution in [-0.4, -0.2) is 30.6 Å². The predicted molar refractivity (Wildman–Crippen MR) is 74.9 cm³/mol. The second kappa shape index (κ2) is 7.65. The molecule has 1 rings (SSSR count). The minimum atomic E-state index is -0.839. The highest BCUT2D eigenvalue weighted by molar-refractivity contribution is 5.73. The van der Waals surface area contributed by atoms with Gasteiger partial charge in [-0.05, 0) is 26.3 Å². The lowest BCUT2D eigenvalue weighted by molar-refractivity contribution is 0.0467. The lowest BCUT2D eigenvalue weighted by Crippen LogP contribution is -2.42. The van der Waals surface area contributed by atoms with Crippen molar-refractivity contribution in [3.05, 3.63) is 35.9 Å². The van der Waals surface area contributed by atoms with E-state index in [2.05, 4.69) is 5.32 Å². The number of hydrogen-bond acceptors (Lipinski definition) is 4. The van der Waals surface area contributed by atoms with E-state index in [1.807, 2.05) is 30.3 Å². The Hall–Kier alpha value is -1.88. The lowest BCUT2D eigenvalue weighted by atomic mass is 10.2. The number of nitrogens with one attached hydrogen (secondary N) is 1. The summed E-state index contributed by atoms with van der Waals surface area (Å²) in [6, 6.07) is 8.72. The molecule has 0 saturated heterocycles. The second-order valence-electron chi connectivity index (χ2n) is 5.32. The molecule has 0 bridgehead atoms. The van der Waals surface area contributed by atoms with Crippen LogP contribution < -0.4 is 5.32 Å². The third kappa shape index (κ3) is 6.89. The van der Waals surface area contributed by atoms with E-state index in [1.54, 1.807) is 27.1 Å². The van der Waals surface area contributed by atoms with E-state index in [0.29, 0.717) is 6.61 Å². The Bertz CT molecular complexity index is 425. The number of carbonyl (C=O) groups is 1. The fourth-order valence-electron chi connectivity index (χ4n) is 1.42. The van der Waals surface area contributed by atoms with E-state index in [4.69, 9.17) is 9.47 Å². The molecule has 0 unspecified atom stereocenters. The molecule has 1 radical (unpaired) electrons. The van der Waals surface area contributed by atoms with Crippen molar-refractivity contribution in [3.63, 3.8) is 0 Å². The predicted octanol–water partition coefficient (Wildman–Crippen LogP) is 2.21. The molecule has 109 valence electrons. The van der Waals surface area contributed by atoms with Crippen LogP contribution in [0.1, 0.15) is 26.3 Å². The van der Waals surface area contributed by atoms with Gasteiger partial charge in [0, 0.05) is 0 Å². The van der Waals surface area contributed by atoms with E-state index in [1.165, 1.54) is 0 Å². The normalized spacial score (nSPS) is 12.6. The van der Waals surface area contributed by atoms with E-state index in [9.17, 15) is 9.59 Å². The van der Waals surface area contributed by atoms with Gasteiger partial charge in [-0.25, -0.2) is 4.79 Å². The van der Waals surface area contributed by atoms with E-state index in [-0.39, 0.29) is 6.61 Å². The summed E-state index contributed by atoms with van der Waals surface area (Å²) in [6.07, 6.45) is 1.06. The molecule has 1 aromatic rings. The first kappa shape index (κ1) is 16.2. The molecule has 1 N–H and O–H groups in total. The second-order valence-corrected chi connectivity index (χ2v) is 5.32. The Morgan fingerprint density at radius 2 is 1.95 bits per heavy atom. The minimum absolute atomic E-state index is 0.0532. The van der Waals surface area contributed by atoms with Gasteiger partial charge in [-0.1, -0.05) is 30.3 Å². The highest BCUT2D eigenvalue weighted by atomic mass is 16.6. The molecule has 5 heteroatoms. The van der Waals surface area contributed by atoms with Crippen LogP contribution in [0, 0.1) is 0 Å². The molecule has 5 nitrogen and oxygen atoms in total. The first-order valence-electron chi connectivity index (χ1n) is 6.39. The van der Waals surface area contributed by atoms with Crippen LogP contribution in [0.3, 0.4) is 0 Å². The van der Waals surface area contributed by atoms with Crippen LogP contribution in [0.5, 0.6) is 0 Å². The van der Waals surface area contributed by atoms with Gasteiger partial charge in [0.25, 0.3) is 0 Å². The van der Waals surface area contributed by atoms with Crippen molar-refractivity contribution in [2.24, 2.45) is 0 Å². The first-order valence-corrected chi connectivity index (χ1v) is 6.39. The van der Waals surface area contributed by atoms with E-state index >= 15 is 0 Å². The quantitative estimate of drug-likeness (QED) is 0.866. The molecule has 20 heavy (non-hydrogen) atoms. The van der Waals surface area contributed by atoms with Crippen molar-refractivity contribution in [3.8, 4) is 0 Å². The maximum absolute atomic E-state index is 11.5. The molecule has 0 aliphatic carbocycles. The summed E-state index contributed by atoms with van der Waals surface area (Å²) in [4.78, 5) is 22.3. The summed E-state index contributed by atoms with van der Waals surface area (Å²) in [7, 11) is 0. The highest BCUT2D eigenvalue weighted by Crippen LogP contribution is 2.07. The Kier molecular flexibility index (Phi) is 6.18. The number of alkyl carbamates (subject to hydrolysis) is 1. The van der Waals surface area contributed by atoms with Gasteiger partial charge in [0.05, 0.1) is 13.2 Å². The average molecular weight is 278 g/mol. The zero-order chi connectivity index (χ0) is 15.0. The van der Waals surface area contributed by atoms with Gasteiger partial charge < -0.3 is 14.8 Å². The van der Waals surface area contributed by atoms with Gasteiger partial charge >= 0.3 is 6.09 Å². The molecule has 1 aromatic carbocycles. The molecule has 0 spiro atoms. The van der Waals surface area contributed by atoms with Gasteiger partial charge in [0.2, 0.25) is 6.29 Å². The summed E-state index contributed by atoms with van der Waals surface area (Å²) in [5, 5.41) is 2.40. The van der Waals surface area contributed by atoms with E-state index < -0.39 is 17.7 Å². The number of rotatable bonds is 6. The Morgan fingerprint density at radius 1 is 1.30 bits per heavy atom. The molecule has 0 aliphatic heterocycles. The molecule has 1 atom stereocenters. The van der Waals surface area contributed by atoms with E-state index in [0.717, 1.165) is 5.56 Å². The zero-order valence-corrected chi connectivity index (χ0v) is 12.0. The van der Waals surface area contributed by atoms with Gasteiger partial charge in [-0.2, -0.15) is 0 Å². The van der Waals surface area contributed by atoms with Crippen LogP contribution in [-0.2, 0) is 20.9 Å².